The van der Waals surface area contributed by atoms with Crippen molar-refractivity contribution in [3.05, 3.63) is 83.9 Å². The highest BCUT2D eigenvalue weighted by Crippen LogP contribution is 2.19. The zero-order valence-corrected chi connectivity index (χ0v) is 20.8. The van der Waals surface area contributed by atoms with Gasteiger partial charge in [0.1, 0.15) is 6.61 Å². The van der Waals surface area contributed by atoms with Gasteiger partial charge in [0.05, 0.1) is 24.5 Å². The van der Waals surface area contributed by atoms with Crippen molar-refractivity contribution >= 4 is 17.8 Å². The molecule has 2 N–H and O–H groups in total. The van der Waals surface area contributed by atoms with E-state index >= 15 is 0 Å². The summed E-state index contributed by atoms with van der Waals surface area (Å²) in [6, 6.07) is 19.0. The van der Waals surface area contributed by atoms with Gasteiger partial charge in [0, 0.05) is 19.5 Å². The minimum absolute atomic E-state index is 0.0307. The van der Waals surface area contributed by atoms with Gasteiger partial charge in [0.2, 0.25) is 11.8 Å². The van der Waals surface area contributed by atoms with Crippen LogP contribution in [0.15, 0.2) is 72.8 Å². The Morgan fingerprint density at radius 3 is 2.22 bits per heavy atom. The predicted molar refractivity (Wildman–Crippen MR) is 138 cm³/mol. The van der Waals surface area contributed by atoms with Crippen LogP contribution < -0.4 is 5.32 Å². The maximum atomic E-state index is 13.1. The molecular weight excluding hydrogens is 456 g/mol. The molecule has 3 rings (SSSR count). The van der Waals surface area contributed by atoms with E-state index in [9.17, 15) is 19.5 Å². The van der Waals surface area contributed by atoms with E-state index in [0.29, 0.717) is 25.8 Å². The van der Waals surface area contributed by atoms with Gasteiger partial charge in [-0.1, -0.05) is 72.8 Å². The molecule has 7 heteroatoms. The third-order valence-electron chi connectivity index (χ3n) is 6.26. The smallest absolute Gasteiger partial charge is 0.309 e. The molecule has 0 radical (unpaired) electrons. The summed E-state index contributed by atoms with van der Waals surface area (Å²) in [6.07, 6.45) is 5.26. The molecule has 0 aliphatic carbocycles. The molecule has 2 aromatic rings. The van der Waals surface area contributed by atoms with Crippen molar-refractivity contribution in [1.82, 2.24) is 10.2 Å². The van der Waals surface area contributed by atoms with E-state index in [1.54, 1.807) is 11.8 Å². The van der Waals surface area contributed by atoms with Crippen LogP contribution in [0.4, 0.5) is 0 Å². The van der Waals surface area contributed by atoms with E-state index in [4.69, 9.17) is 4.74 Å². The number of amides is 2. The number of carbonyl (C=O) groups is 3. The van der Waals surface area contributed by atoms with E-state index in [-0.39, 0.29) is 55.9 Å². The molecule has 1 heterocycles. The molecule has 3 atom stereocenters. The second kappa shape index (κ2) is 14.2. The fourth-order valence-corrected chi connectivity index (χ4v) is 4.25. The number of cyclic esters (lactones) is 1. The summed E-state index contributed by atoms with van der Waals surface area (Å²) in [7, 11) is 0. The zero-order chi connectivity index (χ0) is 25.8. The summed E-state index contributed by atoms with van der Waals surface area (Å²) in [5, 5.41) is 12.4. The van der Waals surface area contributed by atoms with Crippen LogP contribution in [0.5, 0.6) is 0 Å². The maximum Gasteiger partial charge on any atom is 0.309 e. The third-order valence-corrected chi connectivity index (χ3v) is 6.26. The first-order valence-electron chi connectivity index (χ1n) is 12.5. The van der Waals surface area contributed by atoms with Crippen LogP contribution >= 0.6 is 0 Å². The molecule has 1 aliphatic heterocycles. The van der Waals surface area contributed by atoms with Gasteiger partial charge in [0.15, 0.2) is 0 Å². The zero-order valence-electron chi connectivity index (χ0n) is 20.8. The molecule has 0 aromatic heterocycles. The topological polar surface area (TPSA) is 95.9 Å². The van der Waals surface area contributed by atoms with E-state index in [0.717, 1.165) is 11.1 Å². The number of carbonyl (C=O) groups excluding carboxylic acids is 3. The highest BCUT2D eigenvalue weighted by molar-refractivity contribution is 5.86. The van der Waals surface area contributed by atoms with Crippen LogP contribution in [0, 0.1) is 11.8 Å². The molecule has 2 amide bonds. The minimum Gasteiger partial charge on any atom is -0.463 e. The van der Waals surface area contributed by atoms with Crippen molar-refractivity contribution in [2.75, 3.05) is 19.8 Å². The van der Waals surface area contributed by atoms with Gasteiger partial charge < -0.3 is 20.1 Å². The van der Waals surface area contributed by atoms with Crippen molar-refractivity contribution in [3.63, 3.8) is 0 Å². The lowest BCUT2D eigenvalue weighted by molar-refractivity contribution is -0.149. The quantitative estimate of drug-likeness (QED) is 0.436. The number of hydrogen-bond donors (Lipinski definition) is 2. The maximum absolute atomic E-state index is 13.1. The number of ether oxygens (including phenoxy) is 1. The lowest BCUT2D eigenvalue weighted by atomic mass is 9.94. The van der Waals surface area contributed by atoms with E-state index < -0.39 is 5.92 Å². The van der Waals surface area contributed by atoms with Gasteiger partial charge in [-0.3, -0.25) is 14.4 Å². The Labute approximate surface area is 213 Å². The predicted octanol–water partition coefficient (Wildman–Crippen LogP) is 3.27. The number of allylic oxidation sites excluding steroid dienone is 2. The van der Waals surface area contributed by atoms with Gasteiger partial charge in [-0.25, -0.2) is 0 Å². The first-order valence-corrected chi connectivity index (χ1v) is 12.5. The van der Waals surface area contributed by atoms with E-state index in [1.165, 1.54) is 0 Å². The lowest BCUT2D eigenvalue weighted by Gasteiger charge is -2.25. The van der Waals surface area contributed by atoms with Crippen LogP contribution in [0.2, 0.25) is 0 Å². The number of esters is 1. The van der Waals surface area contributed by atoms with Crippen molar-refractivity contribution < 1.29 is 24.2 Å². The Balaban J connectivity index is 1.70. The second-order valence-electron chi connectivity index (χ2n) is 9.29. The molecule has 0 fully saturated rings. The Bertz CT molecular complexity index is 1010. The first kappa shape index (κ1) is 27.1. The molecule has 192 valence electrons. The summed E-state index contributed by atoms with van der Waals surface area (Å²) in [5.41, 5.74) is 2.02. The summed E-state index contributed by atoms with van der Waals surface area (Å²) in [5.74, 6) is -1.60. The Morgan fingerprint density at radius 1 is 0.972 bits per heavy atom. The van der Waals surface area contributed by atoms with Gasteiger partial charge in [-0.15, -0.1) is 0 Å². The third kappa shape index (κ3) is 8.64. The van der Waals surface area contributed by atoms with Crippen LogP contribution in [0.25, 0.3) is 0 Å². The largest absolute Gasteiger partial charge is 0.463 e. The summed E-state index contributed by atoms with van der Waals surface area (Å²) in [4.78, 5) is 40.4. The summed E-state index contributed by atoms with van der Waals surface area (Å²) < 4.78 is 5.52. The van der Waals surface area contributed by atoms with Gasteiger partial charge in [-0.05, 0) is 37.3 Å². The molecule has 7 nitrogen and oxygen atoms in total. The normalized spacial score (nSPS) is 21.0. The average molecular weight is 493 g/mol. The molecule has 1 aliphatic rings. The van der Waals surface area contributed by atoms with Crippen molar-refractivity contribution in [1.29, 1.82) is 0 Å². The summed E-state index contributed by atoms with van der Waals surface area (Å²) >= 11 is 0. The van der Waals surface area contributed by atoms with Crippen LogP contribution in [-0.2, 0) is 32.1 Å². The second-order valence-corrected chi connectivity index (χ2v) is 9.29. The molecule has 0 spiro atoms. The standard InChI is InChI=1S/C29H36N2O5/c1-22-21-36-29(35)26(18-23-10-4-2-5-11-23)15-9-8-14-25(28(34)30-22)19-27(33)31(16-17-32)20-24-12-6-3-7-13-24/h2-13,22,25-26,32H,14-21H2,1H3,(H,30,34)/t22-,25+,26-/m0/s1. The number of hydrogen-bond acceptors (Lipinski definition) is 5. The SMILES string of the molecule is C[C@H]1COC(=O)[C@H](Cc2ccccc2)CC=CC[C@H](CC(=O)N(CCO)Cc2ccccc2)C(=O)N1. The molecular formula is C29H36N2O5. The molecule has 2 aromatic carbocycles. The van der Waals surface area contributed by atoms with Gasteiger partial charge in [0.25, 0.3) is 0 Å². The first-order chi connectivity index (χ1) is 17.5. The Morgan fingerprint density at radius 2 is 1.58 bits per heavy atom. The minimum atomic E-state index is -0.559. The number of nitrogens with zero attached hydrogens (tertiary/aromatic N) is 1. The van der Waals surface area contributed by atoms with Crippen LogP contribution in [0.3, 0.4) is 0 Å². The number of benzene rings is 2. The van der Waals surface area contributed by atoms with Crippen LogP contribution in [-0.4, -0.2) is 53.6 Å². The molecule has 0 saturated carbocycles. The monoisotopic (exact) mass is 492 g/mol. The van der Waals surface area contributed by atoms with E-state index in [2.05, 4.69) is 5.32 Å². The van der Waals surface area contributed by atoms with Crippen molar-refractivity contribution in [2.45, 2.75) is 45.2 Å². The molecule has 0 bridgehead atoms. The Kier molecular flexibility index (Phi) is 10.7. The van der Waals surface area contributed by atoms with Crippen LogP contribution in [0.1, 0.15) is 37.3 Å². The number of rotatable bonds is 8. The van der Waals surface area contributed by atoms with Gasteiger partial charge >= 0.3 is 5.97 Å². The van der Waals surface area contributed by atoms with Crippen molar-refractivity contribution in [3.8, 4) is 0 Å². The molecule has 36 heavy (non-hydrogen) atoms. The number of aliphatic hydroxyl groups is 1. The molecule has 0 unspecified atom stereocenters. The molecule has 0 saturated heterocycles. The Hall–Kier alpha value is -3.45. The van der Waals surface area contributed by atoms with E-state index in [1.807, 2.05) is 72.8 Å². The highest BCUT2D eigenvalue weighted by Gasteiger charge is 2.27. The fraction of sp³-hybridized carbons (Fsp3) is 0.414. The van der Waals surface area contributed by atoms with Crippen molar-refractivity contribution in [2.24, 2.45) is 11.8 Å². The summed E-state index contributed by atoms with van der Waals surface area (Å²) in [6.45, 7) is 2.28. The number of aliphatic hydroxyl groups excluding tert-OH is 1. The lowest BCUT2D eigenvalue weighted by Crippen LogP contribution is -2.43. The highest BCUT2D eigenvalue weighted by atomic mass is 16.5. The fourth-order valence-electron chi connectivity index (χ4n) is 4.25. The number of nitrogens with one attached hydrogen (secondary N) is 1. The average Bonchev–Trinajstić information content (AvgIpc) is 2.88. The van der Waals surface area contributed by atoms with Gasteiger partial charge in [-0.2, -0.15) is 0 Å².